The maximum Gasteiger partial charge on any atom is 0.257 e. The predicted molar refractivity (Wildman–Crippen MR) is 84.5 cm³/mol. The minimum Gasteiger partial charge on any atom is -0.493 e. The number of hydrogen-bond acceptors (Lipinski definition) is 5. The number of aromatic nitrogens is 2. The number of hydrogen-bond donors (Lipinski definition) is 0. The van der Waals surface area contributed by atoms with E-state index in [2.05, 4.69) is 10.1 Å². The summed E-state index contributed by atoms with van der Waals surface area (Å²) in [7, 11) is 0. The van der Waals surface area contributed by atoms with Gasteiger partial charge in [-0.15, -0.1) is 0 Å². The Labute approximate surface area is 135 Å². The topological polar surface area (TPSA) is 68.5 Å². The normalized spacial score (nSPS) is 18.0. The van der Waals surface area contributed by atoms with Crippen LogP contribution < -0.4 is 4.74 Å². The highest BCUT2D eigenvalue weighted by atomic mass is 16.5. The van der Waals surface area contributed by atoms with Crippen molar-refractivity contribution in [3.63, 3.8) is 0 Å². The number of nitrogens with zero attached hydrogens (tertiary/aromatic N) is 3. The molecule has 2 aromatic rings. The maximum atomic E-state index is 12.9. The molecule has 0 N–H and O–H groups in total. The molecule has 6 nitrogen and oxygen atoms in total. The van der Waals surface area contributed by atoms with E-state index in [-0.39, 0.29) is 11.8 Å². The fraction of sp³-hybridized carbons (Fsp3) is 0.471. The minimum absolute atomic E-state index is 0.00464. The molecule has 1 aromatic carbocycles. The van der Waals surface area contributed by atoms with Crippen LogP contribution in [-0.2, 0) is 0 Å². The van der Waals surface area contributed by atoms with Crippen LogP contribution in [0.3, 0.4) is 0 Å². The Bertz CT molecular complexity index is 683. The number of benzene rings is 1. The molecule has 0 saturated carbocycles. The standard InChI is InChI=1S/C17H21N3O3/c1-3-22-15-9-5-4-8-14(15)17(21)20-10-6-7-13(11-20)16-18-12(2)19-23-16/h4-5,8-9,13H,3,6-7,10-11H2,1-2H3. The number of para-hydroxylation sites is 1. The Morgan fingerprint density at radius 2 is 2.26 bits per heavy atom. The van der Waals surface area contributed by atoms with E-state index >= 15 is 0 Å². The lowest BCUT2D eigenvalue weighted by Crippen LogP contribution is -2.39. The number of carbonyl (C=O) groups excluding carboxylic acids is 1. The molecule has 1 unspecified atom stereocenters. The molecule has 1 atom stereocenters. The molecule has 1 aromatic heterocycles. The average Bonchev–Trinajstić information content (AvgIpc) is 3.02. The van der Waals surface area contributed by atoms with Gasteiger partial charge in [0.15, 0.2) is 5.82 Å². The Morgan fingerprint density at radius 1 is 1.43 bits per heavy atom. The first-order valence-corrected chi connectivity index (χ1v) is 8.00. The van der Waals surface area contributed by atoms with Gasteiger partial charge in [-0.2, -0.15) is 4.98 Å². The zero-order valence-corrected chi connectivity index (χ0v) is 13.5. The SMILES string of the molecule is CCOc1ccccc1C(=O)N1CCCC(c2nc(C)no2)C1. The second kappa shape index (κ2) is 6.81. The van der Waals surface area contributed by atoms with Crippen molar-refractivity contribution in [3.05, 3.63) is 41.5 Å². The molecule has 0 spiro atoms. The van der Waals surface area contributed by atoms with Crippen molar-refractivity contribution in [1.82, 2.24) is 15.0 Å². The van der Waals surface area contributed by atoms with E-state index in [4.69, 9.17) is 9.26 Å². The third-order valence-electron chi connectivity index (χ3n) is 4.02. The van der Waals surface area contributed by atoms with Crippen LogP contribution in [0.2, 0.25) is 0 Å². The number of likely N-dealkylation sites (tertiary alicyclic amines) is 1. The summed E-state index contributed by atoms with van der Waals surface area (Å²) in [6, 6.07) is 7.38. The van der Waals surface area contributed by atoms with Crippen LogP contribution >= 0.6 is 0 Å². The number of amides is 1. The Kier molecular flexibility index (Phi) is 4.60. The zero-order valence-electron chi connectivity index (χ0n) is 13.5. The molecule has 0 aliphatic carbocycles. The van der Waals surface area contributed by atoms with E-state index < -0.39 is 0 Å². The summed E-state index contributed by atoms with van der Waals surface area (Å²) in [6.07, 6.45) is 1.88. The van der Waals surface area contributed by atoms with Gasteiger partial charge in [-0.05, 0) is 38.8 Å². The average molecular weight is 315 g/mol. The number of carbonyl (C=O) groups is 1. The van der Waals surface area contributed by atoms with Crippen LogP contribution in [-0.4, -0.2) is 40.6 Å². The van der Waals surface area contributed by atoms with Crippen LogP contribution in [0.5, 0.6) is 5.75 Å². The molecule has 3 rings (SSSR count). The van der Waals surface area contributed by atoms with Gasteiger partial charge in [-0.3, -0.25) is 4.79 Å². The van der Waals surface area contributed by atoms with Gasteiger partial charge in [-0.25, -0.2) is 0 Å². The summed E-state index contributed by atoms with van der Waals surface area (Å²) in [5.41, 5.74) is 0.608. The summed E-state index contributed by atoms with van der Waals surface area (Å²) in [6.45, 7) is 5.59. The quantitative estimate of drug-likeness (QED) is 0.868. The van der Waals surface area contributed by atoms with Crippen LogP contribution in [0, 0.1) is 6.92 Å². The predicted octanol–water partition coefficient (Wildman–Crippen LogP) is 2.80. The molecule has 1 saturated heterocycles. The van der Waals surface area contributed by atoms with Crippen LogP contribution in [0.1, 0.15) is 47.8 Å². The van der Waals surface area contributed by atoms with Crippen molar-refractivity contribution >= 4 is 5.91 Å². The minimum atomic E-state index is -0.00464. The third kappa shape index (κ3) is 3.36. The van der Waals surface area contributed by atoms with Crippen molar-refractivity contribution in [2.24, 2.45) is 0 Å². The lowest BCUT2D eigenvalue weighted by molar-refractivity contribution is 0.0691. The van der Waals surface area contributed by atoms with Crippen LogP contribution in [0.15, 0.2) is 28.8 Å². The zero-order chi connectivity index (χ0) is 16.2. The van der Waals surface area contributed by atoms with Crippen molar-refractivity contribution in [2.75, 3.05) is 19.7 Å². The van der Waals surface area contributed by atoms with Crippen molar-refractivity contribution in [2.45, 2.75) is 32.6 Å². The Morgan fingerprint density at radius 3 is 3.00 bits per heavy atom. The van der Waals surface area contributed by atoms with E-state index in [0.29, 0.717) is 36.2 Å². The maximum absolute atomic E-state index is 12.9. The molecule has 0 bridgehead atoms. The smallest absolute Gasteiger partial charge is 0.257 e. The molecule has 0 radical (unpaired) electrons. The van der Waals surface area contributed by atoms with Gasteiger partial charge < -0.3 is 14.2 Å². The highest BCUT2D eigenvalue weighted by molar-refractivity contribution is 5.97. The van der Waals surface area contributed by atoms with Crippen molar-refractivity contribution < 1.29 is 14.1 Å². The first-order chi connectivity index (χ1) is 11.2. The Hall–Kier alpha value is -2.37. The summed E-state index contributed by atoms with van der Waals surface area (Å²) in [5, 5.41) is 3.85. The fourth-order valence-electron chi connectivity index (χ4n) is 2.94. The van der Waals surface area contributed by atoms with Crippen LogP contribution in [0.25, 0.3) is 0 Å². The second-order valence-electron chi connectivity index (χ2n) is 5.70. The lowest BCUT2D eigenvalue weighted by atomic mass is 9.97. The van der Waals surface area contributed by atoms with Crippen LogP contribution in [0.4, 0.5) is 0 Å². The van der Waals surface area contributed by atoms with Gasteiger partial charge in [0, 0.05) is 13.1 Å². The molecular weight excluding hydrogens is 294 g/mol. The van der Waals surface area contributed by atoms with Crippen molar-refractivity contribution in [3.8, 4) is 5.75 Å². The molecule has 2 heterocycles. The van der Waals surface area contributed by atoms with E-state index in [9.17, 15) is 4.79 Å². The molecule has 6 heteroatoms. The number of ether oxygens (including phenoxy) is 1. The van der Waals surface area contributed by atoms with E-state index in [1.165, 1.54) is 0 Å². The molecule has 1 aliphatic rings. The first-order valence-electron chi connectivity index (χ1n) is 8.00. The highest BCUT2D eigenvalue weighted by Crippen LogP contribution is 2.28. The lowest BCUT2D eigenvalue weighted by Gasteiger charge is -2.31. The van der Waals surface area contributed by atoms with Gasteiger partial charge in [-0.1, -0.05) is 17.3 Å². The Balaban J connectivity index is 1.77. The third-order valence-corrected chi connectivity index (χ3v) is 4.02. The number of aryl methyl sites for hydroxylation is 1. The number of rotatable bonds is 4. The second-order valence-corrected chi connectivity index (χ2v) is 5.70. The fourth-order valence-corrected chi connectivity index (χ4v) is 2.94. The van der Waals surface area contributed by atoms with Gasteiger partial charge >= 0.3 is 0 Å². The summed E-state index contributed by atoms with van der Waals surface area (Å²) < 4.78 is 10.9. The van der Waals surface area contributed by atoms with E-state index in [1.54, 1.807) is 6.92 Å². The highest BCUT2D eigenvalue weighted by Gasteiger charge is 2.29. The molecular formula is C17H21N3O3. The molecule has 1 aliphatic heterocycles. The summed E-state index contributed by atoms with van der Waals surface area (Å²) >= 11 is 0. The summed E-state index contributed by atoms with van der Waals surface area (Å²) in [4.78, 5) is 19.0. The molecule has 122 valence electrons. The molecule has 1 amide bonds. The van der Waals surface area contributed by atoms with Gasteiger partial charge in [0.25, 0.3) is 5.91 Å². The van der Waals surface area contributed by atoms with Gasteiger partial charge in [0.1, 0.15) is 5.75 Å². The summed E-state index contributed by atoms with van der Waals surface area (Å²) in [5.74, 6) is 1.99. The first kappa shape index (κ1) is 15.5. The van der Waals surface area contributed by atoms with E-state index in [0.717, 1.165) is 19.4 Å². The largest absolute Gasteiger partial charge is 0.493 e. The monoisotopic (exact) mass is 315 g/mol. The van der Waals surface area contributed by atoms with Gasteiger partial charge in [0.05, 0.1) is 18.1 Å². The number of piperidine rings is 1. The van der Waals surface area contributed by atoms with E-state index in [1.807, 2.05) is 36.1 Å². The molecule has 1 fully saturated rings. The molecule has 23 heavy (non-hydrogen) atoms. The van der Waals surface area contributed by atoms with Crippen molar-refractivity contribution in [1.29, 1.82) is 0 Å². The van der Waals surface area contributed by atoms with Gasteiger partial charge in [0.2, 0.25) is 5.89 Å².